The molecule has 0 atom stereocenters. The van der Waals surface area contributed by atoms with Gasteiger partial charge in [0.05, 0.1) is 6.61 Å². The zero-order chi connectivity index (χ0) is 14.4. The van der Waals surface area contributed by atoms with E-state index < -0.39 is 0 Å². The minimum absolute atomic E-state index is 0.134. The van der Waals surface area contributed by atoms with Crippen LogP contribution in [0.2, 0.25) is 0 Å². The van der Waals surface area contributed by atoms with E-state index in [9.17, 15) is 0 Å². The molecule has 1 fully saturated rings. The lowest BCUT2D eigenvalue weighted by Crippen LogP contribution is -2.32. The van der Waals surface area contributed by atoms with Gasteiger partial charge in [-0.25, -0.2) is 0 Å². The third-order valence-corrected chi connectivity index (χ3v) is 3.70. The summed E-state index contributed by atoms with van der Waals surface area (Å²) in [6.07, 6.45) is 3.34. The molecule has 0 heterocycles. The fourth-order valence-electron chi connectivity index (χ4n) is 2.29. The summed E-state index contributed by atoms with van der Waals surface area (Å²) in [5.41, 5.74) is 2.38. The Morgan fingerprint density at radius 2 is 2.15 bits per heavy atom. The maximum atomic E-state index is 8.76. The average Bonchev–Trinajstić information content (AvgIpc) is 3.23. The lowest BCUT2D eigenvalue weighted by molar-refractivity contribution is 0.204. The molecule has 0 amide bonds. The van der Waals surface area contributed by atoms with Crippen LogP contribution in [-0.2, 0) is 6.54 Å². The van der Waals surface area contributed by atoms with Crippen molar-refractivity contribution in [2.75, 3.05) is 13.2 Å². The van der Waals surface area contributed by atoms with Gasteiger partial charge in [-0.3, -0.25) is 4.90 Å². The van der Waals surface area contributed by atoms with Crippen molar-refractivity contribution in [3.8, 4) is 11.8 Å². The van der Waals surface area contributed by atoms with Crippen LogP contribution in [0.5, 0.6) is 0 Å². The summed E-state index contributed by atoms with van der Waals surface area (Å²) in [5.74, 6) is 7.02. The number of hydrogen-bond donors (Lipinski definition) is 1. The molecule has 0 aromatic heterocycles. The third-order valence-electron chi connectivity index (χ3n) is 3.70. The van der Waals surface area contributed by atoms with Crippen LogP contribution in [0.15, 0.2) is 24.3 Å². The van der Waals surface area contributed by atoms with E-state index in [0.29, 0.717) is 12.5 Å². The van der Waals surface area contributed by atoms with E-state index in [1.807, 2.05) is 6.07 Å². The molecule has 1 aromatic rings. The van der Waals surface area contributed by atoms with Crippen molar-refractivity contribution >= 4 is 0 Å². The lowest BCUT2D eigenvalue weighted by atomic mass is 10.1. The summed E-state index contributed by atoms with van der Waals surface area (Å²) in [6, 6.07) is 9.05. The molecule has 0 bridgehead atoms. The highest BCUT2D eigenvalue weighted by molar-refractivity contribution is 5.37. The van der Waals surface area contributed by atoms with Crippen LogP contribution in [-0.4, -0.2) is 29.2 Å². The monoisotopic (exact) mass is 271 g/mol. The summed E-state index contributed by atoms with van der Waals surface area (Å²) in [4.78, 5) is 2.55. The van der Waals surface area contributed by atoms with Crippen molar-refractivity contribution in [1.29, 1.82) is 0 Å². The zero-order valence-corrected chi connectivity index (χ0v) is 12.6. The molecule has 1 saturated carbocycles. The van der Waals surface area contributed by atoms with Crippen molar-refractivity contribution in [2.24, 2.45) is 5.92 Å². The summed E-state index contributed by atoms with van der Waals surface area (Å²) < 4.78 is 0. The molecule has 0 unspecified atom stereocenters. The molecule has 1 aliphatic carbocycles. The topological polar surface area (TPSA) is 23.5 Å². The van der Waals surface area contributed by atoms with E-state index in [4.69, 9.17) is 5.11 Å². The molecule has 1 N–H and O–H groups in total. The number of benzene rings is 1. The molecule has 2 nitrogen and oxygen atoms in total. The quantitative estimate of drug-likeness (QED) is 0.804. The number of aliphatic hydroxyl groups is 1. The summed E-state index contributed by atoms with van der Waals surface area (Å²) in [5, 5.41) is 8.76. The van der Waals surface area contributed by atoms with Gasteiger partial charge in [0, 0.05) is 31.1 Å². The number of rotatable bonds is 6. The van der Waals surface area contributed by atoms with Crippen molar-refractivity contribution in [1.82, 2.24) is 4.90 Å². The Kier molecular flexibility index (Phi) is 5.64. The highest BCUT2D eigenvalue weighted by Gasteiger charge is 2.25. The third kappa shape index (κ3) is 5.00. The minimum Gasteiger partial charge on any atom is -0.395 e. The SMILES string of the molecule is CC(C)N(Cc1cccc(C#CCCO)c1)CC1CC1. The molecule has 20 heavy (non-hydrogen) atoms. The standard InChI is InChI=1S/C18H25NO/c1-15(2)19(13-17-9-10-17)14-18-8-5-7-16(12-18)6-3-4-11-20/h5,7-8,12,15,17,20H,4,9-11,13-14H2,1-2H3. The Morgan fingerprint density at radius 3 is 2.80 bits per heavy atom. The lowest BCUT2D eigenvalue weighted by Gasteiger charge is -2.26. The normalized spacial score (nSPS) is 14.4. The molecule has 2 rings (SSSR count). The molecule has 1 aliphatic rings. The summed E-state index contributed by atoms with van der Waals surface area (Å²) in [6.45, 7) is 6.90. The number of aliphatic hydroxyl groups excluding tert-OH is 1. The van der Waals surface area contributed by atoms with Crippen molar-refractivity contribution < 1.29 is 5.11 Å². The van der Waals surface area contributed by atoms with Gasteiger partial charge in [-0.15, -0.1) is 0 Å². The van der Waals surface area contributed by atoms with Gasteiger partial charge in [0.15, 0.2) is 0 Å². The Bertz CT molecular complexity index is 480. The average molecular weight is 271 g/mol. The Morgan fingerprint density at radius 1 is 1.35 bits per heavy atom. The minimum atomic E-state index is 0.134. The second-order valence-electron chi connectivity index (χ2n) is 5.94. The Hall–Kier alpha value is -1.30. The highest BCUT2D eigenvalue weighted by atomic mass is 16.2. The van der Waals surface area contributed by atoms with Gasteiger partial charge in [0.2, 0.25) is 0 Å². The van der Waals surface area contributed by atoms with E-state index in [-0.39, 0.29) is 6.61 Å². The van der Waals surface area contributed by atoms with Crippen LogP contribution in [0.25, 0.3) is 0 Å². The number of hydrogen-bond acceptors (Lipinski definition) is 2. The van der Waals surface area contributed by atoms with Gasteiger partial charge < -0.3 is 5.11 Å². The van der Waals surface area contributed by atoms with Gasteiger partial charge in [0.25, 0.3) is 0 Å². The van der Waals surface area contributed by atoms with Crippen LogP contribution in [0.1, 0.15) is 44.2 Å². The summed E-state index contributed by atoms with van der Waals surface area (Å²) in [7, 11) is 0. The predicted octanol–water partition coefficient (Wildman–Crippen LogP) is 3.04. The first kappa shape index (κ1) is 15.1. The Labute approximate surface area is 122 Å². The van der Waals surface area contributed by atoms with Gasteiger partial charge in [-0.1, -0.05) is 24.0 Å². The maximum Gasteiger partial charge on any atom is 0.0540 e. The van der Waals surface area contributed by atoms with E-state index >= 15 is 0 Å². The van der Waals surface area contributed by atoms with Crippen molar-refractivity contribution in [2.45, 2.75) is 45.7 Å². The maximum absolute atomic E-state index is 8.76. The fraction of sp³-hybridized carbons (Fsp3) is 0.556. The van der Waals surface area contributed by atoms with Crippen LogP contribution in [0.4, 0.5) is 0 Å². The molecule has 0 spiro atoms. The molecule has 108 valence electrons. The second kappa shape index (κ2) is 7.47. The largest absolute Gasteiger partial charge is 0.395 e. The first-order valence-electron chi connectivity index (χ1n) is 7.61. The molecule has 1 aromatic carbocycles. The zero-order valence-electron chi connectivity index (χ0n) is 12.6. The Balaban J connectivity index is 2.00. The van der Waals surface area contributed by atoms with Crippen LogP contribution < -0.4 is 0 Å². The van der Waals surface area contributed by atoms with Crippen molar-refractivity contribution in [3.63, 3.8) is 0 Å². The van der Waals surface area contributed by atoms with E-state index in [1.165, 1.54) is 24.9 Å². The first-order chi connectivity index (χ1) is 9.69. The molecular formula is C18H25NO. The highest BCUT2D eigenvalue weighted by Crippen LogP contribution is 2.30. The molecule has 0 radical (unpaired) electrons. The molecule has 0 saturated heterocycles. The van der Waals surface area contributed by atoms with E-state index in [0.717, 1.165) is 18.0 Å². The first-order valence-corrected chi connectivity index (χ1v) is 7.61. The van der Waals surface area contributed by atoms with Crippen LogP contribution in [0.3, 0.4) is 0 Å². The van der Waals surface area contributed by atoms with E-state index in [1.54, 1.807) is 0 Å². The molecular weight excluding hydrogens is 246 g/mol. The van der Waals surface area contributed by atoms with Gasteiger partial charge in [0.1, 0.15) is 0 Å². The summed E-state index contributed by atoms with van der Waals surface area (Å²) >= 11 is 0. The second-order valence-corrected chi connectivity index (χ2v) is 5.94. The van der Waals surface area contributed by atoms with Gasteiger partial charge in [-0.2, -0.15) is 0 Å². The van der Waals surface area contributed by atoms with Gasteiger partial charge >= 0.3 is 0 Å². The predicted molar refractivity (Wildman–Crippen MR) is 83.3 cm³/mol. The van der Waals surface area contributed by atoms with E-state index in [2.05, 4.69) is 48.8 Å². The molecule has 0 aliphatic heterocycles. The van der Waals surface area contributed by atoms with Crippen molar-refractivity contribution in [3.05, 3.63) is 35.4 Å². The van der Waals surface area contributed by atoms with Crippen LogP contribution >= 0.6 is 0 Å². The molecule has 2 heteroatoms. The smallest absolute Gasteiger partial charge is 0.0540 e. The number of nitrogens with zero attached hydrogens (tertiary/aromatic N) is 1. The van der Waals surface area contributed by atoms with Crippen LogP contribution in [0, 0.1) is 17.8 Å². The fourth-order valence-corrected chi connectivity index (χ4v) is 2.29. The van der Waals surface area contributed by atoms with Gasteiger partial charge in [-0.05, 0) is 50.3 Å².